The molecule has 1 aliphatic carbocycles. The summed E-state index contributed by atoms with van der Waals surface area (Å²) >= 11 is 1.34. The van der Waals surface area contributed by atoms with Crippen LogP contribution in [-0.2, 0) is 16.0 Å². The number of thiazole rings is 1. The predicted octanol–water partition coefficient (Wildman–Crippen LogP) is 3.00. The molecule has 1 fully saturated rings. The van der Waals surface area contributed by atoms with Gasteiger partial charge in [-0.1, -0.05) is 36.8 Å². The SMILES string of the molecule is O=C(CC(=O)N[C@@H]1CCC[C@@H]1Cc1ccccc1)Nc1nccs1. The van der Waals surface area contributed by atoms with E-state index in [-0.39, 0.29) is 24.3 Å². The van der Waals surface area contributed by atoms with Crippen LogP contribution in [0.1, 0.15) is 31.2 Å². The molecule has 0 unspecified atom stereocenters. The highest BCUT2D eigenvalue weighted by Crippen LogP contribution is 2.29. The topological polar surface area (TPSA) is 71.1 Å². The Hall–Kier alpha value is -2.21. The molecule has 3 rings (SSSR count). The third-order valence-electron chi connectivity index (χ3n) is 4.35. The molecular weight excluding hydrogens is 322 g/mol. The Labute approximate surface area is 145 Å². The van der Waals surface area contributed by atoms with Crippen molar-refractivity contribution in [2.24, 2.45) is 5.92 Å². The van der Waals surface area contributed by atoms with Crippen molar-refractivity contribution >= 4 is 28.3 Å². The molecule has 6 heteroatoms. The second-order valence-corrected chi connectivity index (χ2v) is 7.01. The van der Waals surface area contributed by atoms with Crippen LogP contribution in [0.5, 0.6) is 0 Å². The van der Waals surface area contributed by atoms with Crippen LogP contribution in [0.15, 0.2) is 41.9 Å². The third-order valence-corrected chi connectivity index (χ3v) is 5.03. The first-order chi connectivity index (χ1) is 11.7. The molecule has 0 aliphatic heterocycles. The summed E-state index contributed by atoms with van der Waals surface area (Å²) in [7, 11) is 0. The lowest BCUT2D eigenvalue weighted by molar-refractivity contribution is -0.127. The van der Waals surface area contributed by atoms with Gasteiger partial charge in [-0.25, -0.2) is 4.98 Å². The van der Waals surface area contributed by atoms with Gasteiger partial charge in [0.05, 0.1) is 0 Å². The fraction of sp³-hybridized carbons (Fsp3) is 0.389. The van der Waals surface area contributed by atoms with Crippen molar-refractivity contribution in [2.45, 2.75) is 38.1 Å². The summed E-state index contributed by atoms with van der Waals surface area (Å²) in [5, 5.41) is 7.98. The van der Waals surface area contributed by atoms with Gasteiger partial charge in [0.25, 0.3) is 0 Å². The Morgan fingerprint density at radius 3 is 2.75 bits per heavy atom. The van der Waals surface area contributed by atoms with Crippen LogP contribution < -0.4 is 10.6 Å². The van der Waals surface area contributed by atoms with Crippen molar-refractivity contribution in [1.29, 1.82) is 0 Å². The molecule has 2 atom stereocenters. The zero-order valence-electron chi connectivity index (χ0n) is 13.4. The largest absolute Gasteiger partial charge is 0.353 e. The molecule has 24 heavy (non-hydrogen) atoms. The van der Waals surface area contributed by atoms with E-state index in [9.17, 15) is 9.59 Å². The number of nitrogens with zero attached hydrogens (tertiary/aromatic N) is 1. The van der Waals surface area contributed by atoms with Gasteiger partial charge in [0.2, 0.25) is 11.8 Å². The molecule has 1 aliphatic rings. The highest BCUT2D eigenvalue weighted by Gasteiger charge is 2.29. The van der Waals surface area contributed by atoms with Gasteiger partial charge in [-0.15, -0.1) is 11.3 Å². The fourth-order valence-electron chi connectivity index (χ4n) is 3.24. The first-order valence-corrected chi connectivity index (χ1v) is 9.11. The Bertz CT molecular complexity index is 673. The Morgan fingerprint density at radius 2 is 2.00 bits per heavy atom. The Balaban J connectivity index is 1.48. The first-order valence-electron chi connectivity index (χ1n) is 8.23. The van der Waals surface area contributed by atoms with E-state index in [0.717, 1.165) is 25.7 Å². The average Bonchev–Trinajstić information content (AvgIpc) is 3.21. The lowest BCUT2D eigenvalue weighted by Gasteiger charge is -2.21. The quantitative estimate of drug-likeness (QED) is 0.792. The van der Waals surface area contributed by atoms with Gasteiger partial charge in [-0.05, 0) is 30.7 Å². The molecular formula is C18H21N3O2S. The van der Waals surface area contributed by atoms with E-state index in [2.05, 4.69) is 27.8 Å². The lowest BCUT2D eigenvalue weighted by Crippen LogP contribution is -2.39. The highest BCUT2D eigenvalue weighted by molar-refractivity contribution is 7.13. The minimum atomic E-state index is -0.319. The van der Waals surface area contributed by atoms with Crippen molar-refractivity contribution in [3.63, 3.8) is 0 Å². The second-order valence-electron chi connectivity index (χ2n) is 6.12. The number of carbonyl (C=O) groups is 2. The van der Waals surface area contributed by atoms with Crippen molar-refractivity contribution < 1.29 is 9.59 Å². The summed E-state index contributed by atoms with van der Waals surface area (Å²) in [5.74, 6) is -0.0903. The van der Waals surface area contributed by atoms with Gasteiger partial charge in [-0.3, -0.25) is 9.59 Å². The van der Waals surface area contributed by atoms with Crippen LogP contribution in [0.4, 0.5) is 5.13 Å². The minimum Gasteiger partial charge on any atom is -0.353 e. The van der Waals surface area contributed by atoms with Crippen LogP contribution in [0.25, 0.3) is 0 Å². The molecule has 2 N–H and O–H groups in total. The maximum atomic E-state index is 12.1. The van der Waals surface area contributed by atoms with E-state index in [1.165, 1.54) is 16.9 Å². The van der Waals surface area contributed by atoms with Crippen molar-refractivity contribution in [3.05, 3.63) is 47.5 Å². The summed E-state index contributed by atoms with van der Waals surface area (Å²) in [4.78, 5) is 28.0. The van der Waals surface area contributed by atoms with E-state index in [1.54, 1.807) is 11.6 Å². The van der Waals surface area contributed by atoms with Gasteiger partial charge < -0.3 is 10.6 Å². The van der Waals surface area contributed by atoms with Crippen LogP contribution >= 0.6 is 11.3 Å². The molecule has 1 aromatic carbocycles. The highest BCUT2D eigenvalue weighted by atomic mass is 32.1. The summed E-state index contributed by atoms with van der Waals surface area (Å²) in [6, 6.07) is 10.5. The number of hydrogen-bond acceptors (Lipinski definition) is 4. The fourth-order valence-corrected chi connectivity index (χ4v) is 3.79. The number of rotatable bonds is 6. The molecule has 1 heterocycles. The van der Waals surface area contributed by atoms with Gasteiger partial charge >= 0.3 is 0 Å². The standard InChI is InChI=1S/C18H21N3O2S/c22-16(12-17(23)21-18-19-9-10-24-18)20-15-8-4-7-14(15)11-13-5-2-1-3-6-13/h1-3,5-6,9-10,14-15H,4,7-8,11-12H2,(H,20,22)(H,19,21,23)/t14-,15-/m1/s1. The van der Waals surface area contributed by atoms with Crippen molar-refractivity contribution in [2.75, 3.05) is 5.32 Å². The maximum Gasteiger partial charge on any atom is 0.235 e. The zero-order chi connectivity index (χ0) is 16.8. The van der Waals surface area contributed by atoms with Crippen molar-refractivity contribution in [3.8, 4) is 0 Å². The number of aromatic nitrogens is 1. The van der Waals surface area contributed by atoms with E-state index in [4.69, 9.17) is 0 Å². The number of hydrogen-bond donors (Lipinski definition) is 2. The normalized spacial score (nSPS) is 19.8. The maximum absolute atomic E-state index is 12.1. The Kier molecular flexibility index (Phi) is 5.59. The number of anilines is 1. The first kappa shape index (κ1) is 16.6. The van der Waals surface area contributed by atoms with Crippen molar-refractivity contribution in [1.82, 2.24) is 10.3 Å². The Morgan fingerprint density at radius 1 is 1.17 bits per heavy atom. The van der Waals surface area contributed by atoms with Gasteiger partial charge in [0.1, 0.15) is 6.42 Å². The average molecular weight is 343 g/mol. The second kappa shape index (κ2) is 8.06. The molecule has 0 radical (unpaired) electrons. The molecule has 2 aromatic rings. The number of carbonyl (C=O) groups excluding carboxylic acids is 2. The van der Waals surface area contributed by atoms with Crippen LogP contribution in [0.2, 0.25) is 0 Å². The molecule has 1 saturated carbocycles. The summed E-state index contributed by atoms with van der Waals surface area (Å²) in [6.45, 7) is 0. The molecule has 1 aromatic heterocycles. The van der Waals surface area contributed by atoms with Crippen LogP contribution in [0.3, 0.4) is 0 Å². The van der Waals surface area contributed by atoms with Gasteiger partial charge in [0.15, 0.2) is 5.13 Å². The van der Waals surface area contributed by atoms with E-state index < -0.39 is 0 Å². The number of amides is 2. The number of nitrogens with one attached hydrogen (secondary N) is 2. The van der Waals surface area contributed by atoms with Gasteiger partial charge in [0, 0.05) is 17.6 Å². The summed E-state index contributed by atoms with van der Waals surface area (Å²) < 4.78 is 0. The lowest BCUT2D eigenvalue weighted by atomic mass is 9.94. The third kappa shape index (κ3) is 4.64. The monoisotopic (exact) mass is 343 g/mol. The molecule has 5 nitrogen and oxygen atoms in total. The smallest absolute Gasteiger partial charge is 0.235 e. The molecule has 126 valence electrons. The van der Waals surface area contributed by atoms with E-state index >= 15 is 0 Å². The minimum absolute atomic E-state index is 0.158. The molecule has 0 saturated heterocycles. The van der Waals surface area contributed by atoms with E-state index in [0.29, 0.717) is 11.0 Å². The zero-order valence-corrected chi connectivity index (χ0v) is 14.2. The predicted molar refractivity (Wildman–Crippen MR) is 94.8 cm³/mol. The van der Waals surface area contributed by atoms with Crippen LogP contribution in [0, 0.1) is 5.92 Å². The molecule has 2 amide bonds. The van der Waals surface area contributed by atoms with E-state index in [1.807, 2.05) is 18.2 Å². The molecule has 0 spiro atoms. The van der Waals surface area contributed by atoms with Gasteiger partial charge in [-0.2, -0.15) is 0 Å². The summed E-state index contributed by atoms with van der Waals surface area (Å²) in [5.41, 5.74) is 1.30. The number of benzene rings is 1. The molecule has 0 bridgehead atoms. The van der Waals surface area contributed by atoms with Crippen LogP contribution in [-0.4, -0.2) is 22.8 Å². The summed E-state index contributed by atoms with van der Waals surface area (Å²) in [6.07, 6.45) is 5.65.